The number of hydrogen-bond donors (Lipinski definition) is 3. The highest BCUT2D eigenvalue weighted by atomic mass is 31.2. The molecule has 0 aromatic heterocycles. The molecule has 4 N–H and O–H groups in total. The van der Waals surface area contributed by atoms with Crippen LogP contribution >= 0.6 is 7.60 Å². The summed E-state index contributed by atoms with van der Waals surface area (Å²) in [4.78, 5) is 18.1. The maximum Gasteiger partial charge on any atom is 0.356 e. The summed E-state index contributed by atoms with van der Waals surface area (Å²) in [5.41, 5.74) is 7.15. The van der Waals surface area contributed by atoms with Crippen LogP contribution in [-0.4, -0.2) is 9.79 Å². The Morgan fingerprint density at radius 2 is 1.58 bits per heavy atom. The molecule has 0 amide bonds. The second-order valence-electron chi connectivity index (χ2n) is 3.86. The Morgan fingerprint density at radius 3 is 2.21 bits per heavy atom. The highest BCUT2D eigenvalue weighted by Crippen LogP contribution is 2.34. The number of nitrogens with zero attached hydrogens (tertiary/aromatic N) is 2. The van der Waals surface area contributed by atoms with E-state index in [2.05, 4.69) is 10.2 Å². The van der Waals surface area contributed by atoms with E-state index in [0.29, 0.717) is 17.1 Å². The summed E-state index contributed by atoms with van der Waals surface area (Å²) in [5, 5.41) is 7.80. The Balaban J connectivity index is 2.24. The Bertz CT molecular complexity index is 650. The van der Waals surface area contributed by atoms with E-state index in [4.69, 9.17) is 15.5 Å². The van der Waals surface area contributed by atoms with Crippen molar-refractivity contribution in [3.63, 3.8) is 0 Å². The van der Waals surface area contributed by atoms with E-state index < -0.39 is 7.60 Å². The molecule has 0 saturated heterocycles. The summed E-state index contributed by atoms with van der Waals surface area (Å²) in [7, 11) is -4.27. The average molecular weight is 277 g/mol. The normalized spacial score (nSPS) is 11.9. The van der Waals surface area contributed by atoms with Crippen molar-refractivity contribution in [1.29, 1.82) is 0 Å². The minimum absolute atomic E-state index is 0.0822. The van der Waals surface area contributed by atoms with Gasteiger partial charge in [0.15, 0.2) is 0 Å². The van der Waals surface area contributed by atoms with E-state index in [9.17, 15) is 4.57 Å². The second-order valence-corrected chi connectivity index (χ2v) is 5.46. The number of benzene rings is 2. The number of hydrogen-bond acceptors (Lipinski definition) is 4. The van der Waals surface area contributed by atoms with E-state index >= 15 is 0 Å². The highest BCUT2D eigenvalue weighted by Gasteiger charge is 2.16. The molecule has 0 unspecified atom stereocenters. The fourth-order valence-corrected chi connectivity index (χ4v) is 1.97. The van der Waals surface area contributed by atoms with Crippen LogP contribution in [0.5, 0.6) is 0 Å². The van der Waals surface area contributed by atoms with Crippen LogP contribution in [0.1, 0.15) is 0 Å². The molecule has 6 nitrogen and oxygen atoms in total. The van der Waals surface area contributed by atoms with Gasteiger partial charge in [0, 0.05) is 5.69 Å². The Hall–Kier alpha value is -2.01. The van der Waals surface area contributed by atoms with Gasteiger partial charge in [-0.15, -0.1) is 0 Å². The first-order chi connectivity index (χ1) is 8.95. The first-order valence-electron chi connectivity index (χ1n) is 5.38. The third-order valence-electron chi connectivity index (χ3n) is 2.34. The van der Waals surface area contributed by atoms with E-state index in [-0.39, 0.29) is 5.30 Å². The molecule has 0 radical (unpaired) electrons. The molecule has 19 heavy (non-hydrogen) atoms. The third-order valence-corrected chi connectivity index (χ3v) is 3.29. The molecule has 0 heterocycles. The minimum atomic E-state index is -4.27. The zero-order valence-corrected chi connectivity index (χ0v) is 10.7. The molecule has 0 saturated carbocycles. The summed E-state index contributed by atoms with van der Waals surface area (Å²) in [6, 6.07) is 12.6. The Kier molecular flexibility index (Phi) is 3.76. The van der Waals surface area contributed by atoms with E-state index in [1.165, 1.54) is 18.2 Å². The summed E-state index contributed by atoms with van der Waals surface area (Å²) < 4.78 is 11.1. The highest BCUT2D eigenvalue weighted by molar-refractivity contribution is 7.60. The molecule has 7 heteroatoms. The molecule has 2 aromatic carbocycles. The van der Waals surface area contributed by atoms with Gasteiger partial charge in [0.1, 0.15) is 0 Å². The van der Waals surface area contributed by atoms with Gasteiger partial charge in [-0.25, -0.2) is 0 Å². The lowest BCUT2D eigenvalue weighted by atomic mass is 10.3. The van der Waals surface area contributed by atoms with Crippen LogP contribution in [0.25, 0.3) is 0 Å². The Labute approximate surface area is 109 Å². The molecule has 98 valence electrons. The molecule has 0 spiro atoms. The molecule has 0 atom stereocenters. The lowest BCUT2D eigenvalue weighted by molar-refractivity contribution is 0.387. The summed E-state index contributed by atoms with van der Waals surface area (Å²) in [6.07, 6.45) is 0. The number of anilines is 1. The number of nitrogens with two attached hydrogens (primary N) is 1. The zero-order valence-electron chi connectivity index (χ0n) is 9.84. The van der Waals surface area contributed by atoms with Crippen LogP contribution < -0.4 is 11.0 Å². The maximum absolute atomic E-state index is 11.1. The molecule has 2 rings (SSSR count). The Morgan fingerprint density at radius 1 is 0.947 bits per heavy atom. The van der Waals surface area contributed by atoms with Crippen LogP contribution in [0.3, 0.4) is 0 Å². The van der Waals surface area contributed by atoms with Gasteiger partial charge >= 0.3 is 7.60 Å². The smallest absolute Gasteiger partial charge is 0.356 e. The monoisotopic (exact) mass is 277 g/mol. The van der Waals surface area contributed by atoms with Crippen LogP contribution in [0.15, 0.2) is 58.8 Å². The third kappa shape index (κ3) is 3.72. The first-order valence-corrected chi connectivity index (χ1v) is 7.00. The van der Waals surface area contributed by atoms with Crippen molar-refractivity contribution in [2.45, 2.75) is 0 Å². The molecule has 2 aromatic rings. The van der Waals surface area contributed by atoms with Gasteiger partial charge in [-0.05, 0) is 42.5 Å². The lowest BCUT2D eigenvalue weighted by Crippen LogP contribution is -2.01. The van der Waals surface area contributed by atoms with Gasteiger partial charge in [0.25, 0.3) is 0 Å². The van der Waals surface area contributed by atoms with Gasteiger partial charge in [-0.1, -0.05) is 6.07 Å². The summed E-state index contributed by atoms with van der Waals surface area (Å²) in [5.74, 6) is 0. The van der Waals surface area contributed by atoms with Crippen LogP contribution in [0.4, 0.5) is 17.1 Å². The average Bonchev–Trinajstić information content (AvgIpc) is 2.37. The molecule has 0 bridgehead atoms. The van der Waals surface area contributed by atoms with Crippen molar-refractivity contribution in [2.24, 2.45) is 10.2 Å². The molecule has 0 aliphatic heterocycles. The van der Waals surface area contributed by atoms with Gasteiger partial charge in [-0.3, -0.25) is 4.57 Å². The van der Waals surface area contributed by atoms with Crippen molar-refractivity contribution in [3.05, 3.63) is 48.5 Å². The number of azo groups is 1. The molecule has 0 aliphatic rings. The van der Waals surface area contributed by atoms with E-state index in [0.717, 1.165) is 0 Å². The molecular weight excluding hydrogens is 265 g/mol. The van der Waals surface area contributed by atoms with Crippen molar-refractivity contribution in [2.75, 3.05) is 5.73 Å². The fourth-order valence-electron chi connectivity index (χ4n) is 1.39. The standard InChI is InChI=1S/C12H12N3O3P/c13-9-4-6-10(7-5-9)14-15-11-2-1-3-12(8-11)19(16,17)18/h1-8H,13H2,(H2,16,17,18). The molecule has 0 aliphatic carbocycles. The zero-order chi connectivity index (χ0) is 13.9. The number of rotatable bonds is 3. The van der Waals surface area contributed by atoms with Crippen molar-refractivity contribution in [1.82, 2.24) is 0 Å². The second kappa shape index (κ2) is 5.32. The SMILES string of the molecule is Nc1ccc(N=Nc2cccc(P(=O)(O)O)c2)cc1. The number of nitrogen functional groups attached to an aromatic ring is 1. The summed E-state index contributed by atoms with van der Waals surface area (Å²) >= 11 is 0. The van der Waals surface area contributed by atoms with Crippen molar-refractivity contribution in [3.8, 4) is 0 Å². The van der Waals surface area contributed by atoms with Gasteiger partial charge in [0.2, 0.25) is 0 Å². The lowest BCUT2D eigenvalue weighted by Gasteiger charge is -2.03. The van der Waals surface area contributed by atoms with Gasteiger partial charge < -0.3 is 15.5 Å². The van der Waals surface area contributed by atoms with Crippen molar-refractivity contribution < 1.29 is 14.4 Å². The predicted molar refractivity (Wildman–Crippen MR) is 73.2 cm³/mol. The van der Waals surface area contributed by atoms with E-state index in [1.807, 2.05) is 0 Å². The van der Waals surface area contributed by atoms with Crippen molar-refractivity contribution >= 4 is 30.0 Å². The van der Waals surface area contributed by atoms with Gasteiger partial charge in [0.05, 0.1) is 16.7 Å². The fraction of sp³-hybridized carbons (Fsp3) is 0. The largest absolute Gasteiger partial charge is 0.399 e. The molecule has 0 fully saturated rings. The summed E-state index contributed by atoms with van der Waals surface area (Å²) in [6.45, 7) is 0. The predicted octanol–water partition coefficient (Wildman–Crippen LogP) is 2.49. The van der Waals surface area contributed by atoms with Crippen LogP contribution in [0.2, 0.25) is 0 Å². The first kappa shape index (κ1) is 13.4. The topological polar surface area (TPSA) is 108 Å². The van der Waals surface area contributed by atoms with Crippen LogP contribution in [0, 0.1) is 0 Å². The van der Waals surface area contributed by atoms with Crippen LogP contribution in [-0.2, 0) is 4.57 Å². The van der Waals surface area contributed by atoms with E-state index in [1.54, 1.807) is 30.3 Å². The molecular formula is C12H12N3O3P. The van der Waals surface area contributed by atoms with Gasteiger partial charge in [-0.2, -0.15) is 10.2 Å². The maximum atomic E-state index is 11.1. The quantitative estimate of drug-likeness (QED) is 0.455. The minimum Gasteiger partial charge on any atom is -0.399 e.